The maximum Gasteiger partial charge on any atom is 0.225 e. The third-order valence-corrected chi connectivity index (χ3v) is 2.20. The summed E-state index contributed by atoms with van der Waals surface area (Å²) in [6.07, 6.45) is -5.04. The van der Waals surface area contributed by atoms with Gasteiger partial charge in [0.05, 0.1) is 18.1 Å². The second kappa shape index (κ2) is 3.59. The Morgan fingerprint density at radius 3 is 2.31 bits per heavy atom. The van der Waals surface area contributed by atoms with Gasteiger partial charge in [-0.25, -0.2) is 0 Å². The highest BCUT2D eigenvalue weighted by Crippen LogP contribution is 2.24. The molecule has 76 valence electrons. The lowest BCUT2D eigenvalue weighted by molar-refractivity contribution is -0.260. The third-order valence-electron chi connectivity index (χ3n) is 2.20. The van der Waals surface area contributed by atoms with Crippen molar-refractivity contribution in [3.63, 3.8) is 0 Å². The smallest absolute Gasteiger partial charge is 0.225 e. The van der Waals surface area contributed by atoms with Gasteiger partial charge in [0.15, 0.2) is 6.29 Å². The van der Waals surface area contributed by atoms with E-state index >= 15 is 0 Å². The van der Waals surface area contributed by atoms with Gasteiger partial charge in [0.25, 0.3) is 0 Å². The van der Waals surface area contributed by atoms with Crippen LogP contribution in [-0.4, -0.2) is 45.8 Å². The molecule has 0 unspecified atom stereocenters. The number of carbonyl (C=O) groups excluding carboxylic acids is 1. The largest absolute Gasteiger partial charge is 0.389 e. The minimum Gasteiger partial charge on any atom is -0.389 e. The zero-order chi connectivity index (χ0) is 10.2. The number of carbonyl (C=O) groups is 1. The zero-order valence-electron chi connectivity index (χ0n) is 7.12. The van der Waals surface area contributed by atoms with Crippen LogP contribution < -0.4 is 5.73 Å². The van der Waals surface area contributed by atoms with Crippen molar-refractivity contribution in [2.75, 3.05) is 0 Å². The summed E-state index contributed by atoms with van der Waals surface area (Å²) in [6, 6.07) is 0. The number of aliphatic hydroxyl groups excluding tert-OH is 3. The Hall–Kier alpha value is -0.690. The molecule has 6 nitrogen and oxygen atoms in total. The fourth-order valence-electron chi connectivity index (χ4n) is 1.44. The van der Waals surface area contributed by atoms with Gasteiger partial charge in [0.2, 0.25) is 5.91 Å². The molecule has 0 aromatic rings. The van der Waals surface area contributed by atoms with Gasteiger partial charge in [-0.3, -0.25) is 4.79 Å². The third kappa shape index (κ3) is 1.80. The van der Waals surface area contributed by atoms with E-state index in [1.54, 1.807) is 0 Å². The Labute approximate surface area is 74.9 Å². The topological polar surface area (TPSA) is 113 Å². The lowest BCUT2D eigenvalue weighted by Gasteiger charge is -2.37. The molecule has 0 aromatic carbocycles. The van der Waals surface area contributed by atoms with Gasteiger partial charge in [-0.05, 0) is 6.92 Å². The van der Waals surface area contributed by atoms with Gasteiger partial charge < -0.3 is 25.8 Å². The summed E-state index contributed by atoms with van der Waals surface area (Å²) >= 11 is 0. The van der Waals surface area contributed by atoms with Crippen LogP contribution in [0, 0.1) is 5.92 Å². The molecule has 0 spiro atoms. The summed E-state index contributed by atoms with van der Waals surface area (Å²) in [5.74, 6) is -1.75. The molecule has 5 atom stereocenters. The van der Waals surface area contributed by atoms with Gasteiger partial charge in [-0.2, -0.15) is 0 Å². The maximum absolute atomic E-state index is 10.8. The van der Waals surface area contributed by atoms with E-state index in [0.29, 0.717) is 0 Å². The van der Waals surface area contributed by atoms with Crippen molar-refractivity contribution >= 4 is 5.91 Å². The predicted molar refractivity (Wildman–Crippen MR) is 41.3 cm³/mol. The average molecular weight is 191 g/mol. The van der Waals surface area contributed by atoms with Gasteiger partial charge in [0.1, 0.15) is 6.10 Å². The molecular formula is C7H13NO5. The molecule has 0 aromatic heterocycles. The summed E-state index contributed by atoms with van der Waals surface area (Å²) < 4.78 is 4.79. The first-order chi connectivity index (χ1) is 5.95. The molecular weight excluding hydrogens is 178 g/mol. The van der Waals surface area contributed by atoms with E-state index in [1.807, 2.05) is 0 Å². The molecule has 1 aliphatic rings. The minimum atomic E-state index is -1.49. The van der Waals surface area contributed by atoms with E-state index in [-0.39, 0.29) is 0 Å². The quantitative estimate of drug-likeness (QED) is 0.367. The zero-order valence-corrected chi connectivity index (χ0v) is 7.12. The fourth-order valence-corrected chi connectivity index (χ4v) is 1.44. The van der Waals surface area contributed by atoms with Gasteiger partial charge in [-0.1, -0.05) is 0 Å². The minimum absolute atomic E-state index is 0.703. The number of ether oxygens (including phenoxy) is 1. The molecule has 1 amide bonds. The van der Waals surface area contributed by atoms with Gasteiger partial charge >= 0.3 is 0 Å². The highest BCUT2D eigenvalue weighted by atomic mass is 16.6. The first-order valence-electron chi connectivity index (χ1n) is 3.94. The molecule has 0 saturated carbocycles. The summed E-state index contributed by atoms with van der Waals surface area (Å²) in [5.41, 5.74) is 4.98. The van der Waals surface area contributed by atoms with Gasteiger partial charge in [0, 0.05) is 0 Å². The molecule has 0 aliphatic carbocycles. The summed E-state index contributed by atoms with van der Waals surface area (Å²) in [6.45, 7) is 1.49. The Bertz CT molecular complexity index is 209. The molecule has 1 saturated heterocycles. The molecule has 1 fully saturated rings. The molecule has 1 heterocycles. The van der Waals surface area contributed by atoms with E-state index in [4.69, 9.17) is 20.7 Å². The van der Waals surface area contributed by atoms with Gasteiger partial charge in [-0.15, -0.1) is 0 Å². The number of nitrogens with two attached hydrogens (primary N) is 1. The lowest BCUT2D eigenvalue weighted by Crippen LogP contribution is -2.57. The number of primary amides is 1. The predicted octanol–water partition coefficient (Wildman–Crippen LogP) is -2.45. The monoisotopic (exact) mass is 191 g/mol. The van der Waals surface area contributed by atoms with Crippen molar-refractivity contribution in [3.8, 4) is 0 Å². The van der Waals surface area contributed by atoms with Crippen LogP contribution in [0.3, 0.4) is 0 Å². The second-order valence-electron chi connectivity index (χ2n) is 3.14. The van der Waals surface area contributed by atoms with E-state index in [1.165, 1.54) is 6.92 Å². The van der Waals surface area contributed by atoms with E-state index in [2.05, 4.69) is 0 Å². The van der Waals surface area contributed by atoms with Crippen molar-refractivity contribution in [2.45, 2.75) is 31.5 Å². The first-order valence-corrected chi connectivity index (χ1v) is 3.94. The van der Waals surface area contributed by atoms with Crippen molar-refractivity contribution in [1.29, 1.82) is 0 Å². The molecule has 13 heavy (non-hydrogen) atoms. The summed E-state index contributed by atoms with van der Waals surface area (Å²) in [4.78, 5) is 10.8. The number of amides is 1. The SMILES string of the molecule is C[C@H]1O[C@H](O)[C@H](O)[C@@H](O)[C@@H]1C(N)=O. The van der Waals surface area contributed by atoms with Crippen LogP contribution in [0.1, 0.15) is 6.92 Å². The van der Waals surface area contributed by atoms with Crippen molar-refractivity contribution in [2.24, 2.45) is 11.7 Å². The van der Waals surface area contributed by atoms with Crippen molar-refractivity contribution in [3.05, 3.63) is 0 Å². The van der Waals surface area contributed by atoms with Crippen LogP contribution >= 0.6 is 0 Å². The van der Waals surface area contributed by atoms with E-state index in [0.717, 1.165) is 0 Å². The number of hydrogen-bond acceptors (Lipinski definition) is 5. The summed E-state index contributed by atoms with van der Waals surface area (Å²) in [7, 11) is 0. The highest BCUT2D eigenvalue weighted by Gasteiger charge is 2.44. The molecule has 1 aliphatic heterocycles. The van der Waals surface area contributed by atoms with Crippen LogP contribution in [0.2, 0.25) is 0 Å². The van der Waals surface area contributed by atoms with Crippen LogP contribution in [0.15, 0.2) is 0 Å². The Balaban J connectivity index is 2.79. The lowest BCUT2D eigenvalue weighted by atomic mass is 9.89. The van der Waals surface area contributed by atoms with Crippen molar-refractivity contribution < 1.29 is 24.9 Å². The molecule has 1 rings (SSSR count). The van der Waals surface area contributed by atoms with Crippen LogP contribution in [0.5, 0.6) is 0 Å². The van der Waals surface area contributed by atoms with Crippen LogP contribution in [0.25, 0.3) is 0 Å². The standard InChI is InChI=1S/C7H13NO5/c1-2-3(6(8)11)4(9)5(10)7(12)13-2/h2-5,7,9-10,12H,1H3,(H2,8,11)/t2-,3-,4+,5-,7+/m1/s1. The normalized spacial score (nSPS) is 46.0. The number of hydrogen-bond donors (Lipinski definition) is 4. The first kappa shape index (κ1) is 10.4. The molecule has 0 bridgehead atoms. The maximum atomic E-state index is 10.8. The number of aliphatic hydroxyl groups is 3. The average Bonchev–Trinajstić information content (AvgIpc) is 1.99. The Morgan fingerprint density at radius 2 is 1.85 bits per heavy atom. The Morgan fingerprint density at radius 1 is 1.31 bits per heavy atom. The molecule has 5 N–H and O–H groups in total. The fraction of sp³-hybridized carbons (Fsp3) is 0.857. The van der Waals surface area contributed by atoms with Crippen molar-refractivity contribution in [1.82, 2.24) is 0 Å². The Kier molecular flexibility index (Phi) is 2.87. The molecule has 6 heteroatoms. The van der Waals surface area contributed by atoms with Crippen LogP contribution in [-0.2, 0) is 9.53 Å². The highest BCUT2D eigenvalue weighted by molar-refractivity contribution is 5.78. The second-order valence-corrected chi connectivity index (χ2v) is 3.14. The van der Waals surface area contributed by atoms with Crippen LogP contribution in [0.4, 0.5) is 0 Å². The van der Waals surface area contributed by atoms with E-state index in [9.17, 15) is 9.90 Å². The van der Waals surface area contributed by atoms with E-state index < -0.39 is 36.4 Å². The number of rotatable bonds is 1. The molecule has 0 radical (unpaired) electrons. The summed E-state index contributed by atoms with van der Waals surface area (Å²) in [5, 5.41) is 27.5.